The maximum Gasteiger partial charge on any atom is 0.271 e. The predicted molar refractivity (Wildman–Crippen MR) is 180 cm³/mol. The smallest absolute Gasteiger partial charge is 0.271 e. The molecule has 0 atom stereocenters. The molecule has 1 aliphatic carbocycles. The zero-order chi connectivity index (χ0) is 31.3. The first-order valence-corrected chi connectivity index (χ1v) is 16.5. The number of piperazine rings is 1. The van der Waals surface area contributed by atoms with Gasteiger partial charge in [-0.25, -0.2) is 9.97 Å². The van der Waals surface area contributed by atoms with E-state index in [0.717, 1.165) is 68.8 Å². The predicted octanol–water partition coefficient (Wildman–Crippen LogP) is 3.67. The van der Waals surface area contributed by atoms with Gasteiger partial charge in [0, 0.05) is 91.4 Å². The molecule has 4 aliphatic rings. The highest BCUT2D eigenvalue weighted by molar-refractivity contribution is 6.00. The van der Waals surface area contributed by atoms with E-state index < -0.39 is 5.91 Å². The Balaban J connectivity index is 1.03. The largest absolute Gasteiger partial charge is 0.380 e. The molecule has 1 spiro atoms. The van der Waals surface area contributed by atoms with E-state index in [4.69, 9.17) is 20.4 Å². The van der Waals surface area contributed by atoms with Crippen molar-refractivity contribution in [1.29, 1.82) is 0 Å². The van der Waals surface area contributed by atoms with Crippen LogP contribution in [0.4, 0.5) is 23.0 Å². The van der Waals surface area contributed by atoms with Crippen LogP contribution >= 0.6 is 0 Å². The molecule has 0 radical (unpaired) electrons. The summed E-state index contributed by atoms with van der Waals surface area (Å²) in [7, 11) is 2.21. The van der Waals surface area contributed by atoms with E-state index in [1.807, 2.05) is 30.5 Å². The van der Waals surface area contributed by atoms with Crippen molar-refractivity contribution in [3.05, 3.63) is 54.5 Å². The highest BCUT2D eigenvalue weighted by Gasteiger charge is 2.50. The lowest BCUT2D eigenvalue weighted by atomic mass is 9.64. The molecule has 8 rings (SSSR count). The maximum atomic E-state index is 12.8. The summed E-state index contributed by atoms with van der Waals surface area (Å²) >= 11 is 0. The van der Waals surface area contributed by atoms with Gasteiger partial charge in [-0.05, 0) is 69.1 Å². The third-order valence-corrected chi connectivity index (χ3v) is 10.4. The van der Waals surface area contributed by atoms with E-state index in [0.29, 0.717) is 29.1 Å². The molecule has 6 heterocycles. The van der Waals surface area contributed by atoms with Crippen molar-refractivity contribution in [3.8, 4) is 11.4 Å². The SMILES string of the molecule is CN1CCN(C2CCN(c3ccc(Nc4nc(NC5CC6(COC6)C5)c(-c5nccc6[nH]ccc56)nc4C(N)=O)cc3)CC2)CC1. The second-order valence-corrected chi connectivity index (χ2v) is 13.6. The average molecular weight is 623 g/mol. The van der Waals surface area contributed by atoms with Crippen LogP contribution in [0.1, 0.15) is 36.2 Å². The number of nitrogens with one attached hydrogen (secondary N) is 3. The van der Waals surface area contributed by atoms with Crippen molar-refractivity contribution < 1.29 is 9.53 Å². The Bertz CT molecular complexity index is 1710. The lowest BCUT2D eigenvalue weighted by Crippen LogP contribution is -2.56. The van der Waals surface area contributed by atoms with Crippen LogP contribution in [0.3, 0.4) is 0 Å². The zero-order valence-corrected chi connectivity index (χ0v) is 26.3. The number of benzene rings is 1. The fourth-order valence-corrected chi connectivity index (χ4v) is 7.61. The highest BCUT2D eigenvalue weighted by Crippen LogP contribution is 2.48. The van der Waals surface area contributed by atoms with Gasteiger partial charge < -0.3 is 35.9 Å². The molecule has 1 aromatic carbocycles. The Morgan fingerprint density at radius 1 is 0.957 bits per heavy atom. The summed E-state index contributed by atoms with van der Waals surface area (Å²) < 4.78 is 5.48. The number of piperidine rings is 1. The molecule has 12 nitrogen and oxygen atoms in total. The minimum atomic E-state index is -0.655. The van der Waals surface area contributed by atoms with Gasteiger partial charge in [0.15, 0.2) is 17.3 Å². The molecule has 46 heavy (non-hydrogen) atoms. The van der Waals surface area contributed by atoms with Gasteiger partial charge in [-0.1, -0.05) is 0 Å². The van der Waals surface area contributed by atoms with Crippen molar-refractivity contribution in [1.82, 2.24) is 29.7 Å². The van der Waals surface area contributed by atoms with Crippen LogP contribution < -0.4 is 21.3 Å². The number of carbonyl (C=O) groups excluding carboxylic acids is 1. The highest BCUT2D eigenvalue weighted by atomic mass is 16.5. The number of pyridine rings is 1. The van der Waals surface area contributed by atoms with Gasteiger partial charge >= 0.3 is 0 Å². The zero-order valence-electron chi connectivity index (χ0n) is 26.3. The first-order valence-electron chi connectivity index (χ1n) is 16.5. The number of H-pyrrole nitrogens is 1. The van der Waals surface area contributed by atoms with Crippen LogP contribution in [0.5, 0.6) is 0 Å². The second-order valence-electron chi connectivity index (χ2n) is 13.6. The number of ether oxygens (including phenoxy) is 1. The van der Waals surface area contributed by atoms with Crippen LogP contribution in [0.2, 0.25) is 0 Å². The molecule has 4 aromatic rings. The number of hydrogen-bond donors (Lipinski definition) is 4. The van der Waals surface area contributed by atoms with E-state index in [2.05, 4.69) is 54.5 Å². The lowest BCUT2D eigenvalue weighted by molar-refractivity contribution is -0.159. The van der Waals surface area contributed by atoms with Crippen molar-refractivity contribution in [3.63, 3.8) is 0 Å². The maximum absolute atomic E-state index is 12.8. The van der Waals surface area contributed by atoms with Gasteiger partial charge in [-0.3, -0.25) is 14.7 Å². The Morgan fingerprint density at radius 2 is 1.72 bits per heavy atom. The normalized spacial score (nSPS) is 20.8. The molecule has 0 bridgehead atoms. The van der Waals surface area contributed by atoms with Gasteiger partial charge in [0.05, 0.1) is 13.2 Å². The number of primary amides is 1. The summed E-state index contributed by atoms with van der Waals surface area (Å²) in [5, 5.41) is 7.86. The number of aromatic nitrogens is 4. The number of hydrogen-bond acceptors (Lipinski definition) is 10. The number of carbonyl (C=O) groups is 1. The molecule has 3 aromatic heterocycles. The Labute approximate surface area is 268 Å². The molecule has 4 fully saturated rings. The molecule has 1 amide bonds. The van der Waals surface area contributed by atoms with E-state index >= 15 is 0 Å². The van der Waals surface area contributed by atoms with Gasteiger partial charge in [0.2, 0.25) is 0 Å². The number of nitrogens with two attached hydrogens (primary N) is 1. The summed E-state index contributed by atoms with van der Waals surface area (Å²) in [6, 6.07) is 13.1. The third kappa shape index (κ3) is 5.54. The van der Waals surface area contributed by atoms with E-state index in [1.54, 1.807) is 6.20 Å². The van der Waals surface area contributed by atoms with Gasteiger partial charge in [-0.15, -0.1) is 0 Å². The van der Waals surface area contributed by atoms with Crippen molar-refractivity contribution >= 4 is 39.8 Å². The number of fused-ring (bicyclic) bond motifs is 1. The molecule has 3 aliphatic heterocycles. The summed E-state index contributed by atoms with van der Waals surface area (Å²) in [5.74, 6) is 0.244. The summed E-state index contributed by atoms with van der Waals surface area (Å²) in [6.07, 6.45) is 7.98. The fraction of sp³-hybridized carbons (Fsp3) is 0.471. The van der Waals surface area contributed by atoms with Crippen LogP contribution in [0, 0.1) is 5.41 Å². The molecule has 12 heteroatoms. The van der Waals surface area contributed by atoms with Crippen molar-refractivity contribution in [2.75, 3.05) is 75.1 Å². The second kappa shape index (κ2) is 11.8. The third-order valence-electron chi connectivity index (χ3n) is 10.4. The Morgan fingerprint density at radius 3 is 2.41 bits per heavy atom. The monoisotopic (exact) mass is 622 g/mol. The average Bonchev–Trinajstić information content (AvgIpc) is 3.52. The molecule has 1 saturated carbocycles. The lowest BCUT2D eigenvalue weighted by Gasteiger charge is -2.53. The van der Waals surface area contributed by atoms with Crippen molar-refractivity contribution in [2.45, 2.75) is 37.8 Å². The first-order chi connectivity index (χ1) is 22.4. The number of aromatic amines is 1. The van der Waals surface area contributed by atoms with Crippen LogP contribution in [-0.2, 0) is 4.74 Å². The Kier molecular flexibility index (Phi) is 7.50. The van der Waals surface area contributed by atoms with E-state index in [9.17, 15) is 4.79 Å². The molecule has 240 valence electrons. The molecular weight excluding hydrogens is 580 g/mol. The van der Waals surface area contributed by atoms with Crippen molar-refractivity contribution in [2.24, 2.45) is 11.1 Å². The number of rotatable bonds is 8. The Hall–Kier alpha value is -4.26. The summed E-state index contributed by atoms with van der Waals surface area (Å²) in [6.45, 7) is 8.38. The summed E-state index contributed by atoms with van der Waals surface area (Å²) in [4.78, 5) is 38.0. The first kappa shape index (κ1) is 29.2. The minimum Gasteiger partial charge on any atom is -0.380 e. The quantitative estimate of drug-likeness (QED) is 0.230. The molecular formula is C34H42N10O2. The van der Waals surface area contributed by atoms with E-state index in [1.165, 1.54) is 31.6 Å². The van der Waals surface area contributed by atoms with Gasteiger partial charge in [0.1, 0.15) is 11.4 Å². The number of amides is 1. The number of anilines is 4. The number of nitrogens with zero attached hydrogens (tertiary/aromatic N) is 6. The van der Waals surface area contributed by atoms with Gasteiger partial charge in [-0.2, -0.15) is 0 Å². The molecule has 3 saturated heterocycles. The van der Waals surface area contributed by atoms with Gasteiger partial charge in [0.25, 0.3) is 5.91 Å². The molecule has 0 unspecified atom stereocenters. The van der Waals surface area contributed by atoms with Crippen LogP contribution in [0.25, 0.3) is 22.3 Å². The van der Waals surface area contributed by atoms with Crippen LogP contribution in [0.15, 0.2) is 48.8 Å². The number of likely N-dealkylation sites (N-methyl/N-ethyl adjacent to an activating group) is 1. The van der Waals surface area contributed by atoms with E-state index in [-0.39, 0.29) is 17.2 Å². The fourth-order valence-electron chi connectivity index (χ4n) is 7.61. The molecule has 5 N–H and O–H groups in total. The standard InChI is InChI=1S/C34H42N10O2/c1-42-14-16-44(17-15-42)25-8-12-43(13-9-25)24-4-2-22(3-5-24)38-33-30(31(35)45)40-29(28-26-6-10-36-27(26)7-11-37-28)32(41-33)39-23-18-34(19-23)20-46-21-34/h2-7,10-11,23,25,36H,8-9,12-21H2,1H3,(H2,35,45)(H2,38,39,41). The topological polar surface area (TPSA) is 141 Å². The van der Waals surface area contributed by atoms with Crippen LogP contribution in [-0.4, -0.2) is 107 Å². The minimum absolute atomic E-state index is 0.0717. The summed E-state index contributed by atoms with van der Waals surface area (Å²) in [5.41, 5.74) is 10.3.